The molecule has 0 unspecified atom stereocenters. The lowest BCUT2D eigenvalue weighted by Gasteiger charge is -1.94. The van der Waals surface area contributed by atoms with E-state index in [1.54, 1.807) is 13.3 Å². The SMILES string of the molecule is CN/N=C/c1ccccc1Br. The van der Waals surface area contributed by atoms with E-state index in [0.29, 0.717) is 0 Å². The van der Waals surface area contributed by atoms with Crippen molar-refractivity contribution in [2.24, 2.45) is 5.10 Å². The molecule has 0 spiro atoms. The van der Waals surface area contributed by atoms with Crippen molar-refractivity contribution in [1.29, 1.82) is 0 Å². The second-order valence-electron chi connectivity index (χ2n) is 2.00. The quantitative estimate of drug-likeness (QED) is 0.589. The van der Waals surface area contributed by atoms with Crippen LogP contribution in [0.4, 0.5) is 0 Å². The Bertz CT molecular complexity index is 258. The third-order valence-corrected chi connectivity index (χ3v) is 1.96. The third-order valence-electron chi connectivity index (χ3n) is 1.24. The molecular formula is C8H9BrN2. The van der Waals surface area contributed by atoms with Gasteiger partial charge in [-0.25, -0.2) is 0 Å². The Kier molecular flexibility index (Phi) is 3.11. The van der Waals surface area contributed by atoms with E-state index in [4.69, 9.17) is 0 Å². The van der Waals surface area contributed by atoms with Gasteiger partial charge in [0.15, 0.2) is 0 Å². The molecule has 1 N–H and O–H groups in total. The molecule has 0 saturated heterocycles. The zero-order chi connectivity index (χ0) is 8.10. The molecule has 11 heavy (non-hydrogen) atoms. The largest absolute Gasteiger partial charge is 0.313 e. The van der Waals surface area contributed by atoms with E-state index < -0.39 is 0 Å². The van der Waals surface area contributed by atoms with Crippen LogP contribution in [-0.2, 0) is 0 Å². The first-order valence-electron chi connectivity index (χ1n) is 3.29. The lowest BCUT2D eigenvalue weighted by molar-refractivity contribution is 0.908. The molecule has 1 rings (SSSR count). The van der Waals surface area contributed by atoms with Crippen LogP contribution in [0.15, 0.2) is 33.8 Å². The van der Waals surface area contributed by atoms with Crippen molar-refractivity contribution in [2.75, 3.05) is 7.05 Å². The fraction of sp³-hybridized carbons (Fsp3) is 0.125. The van der Waals surface area contributed by atoms with Crippen molar-refractivity contribution in [3.05, 3.63) is 34.3 Å². The monoisotopic (exact) mass is 212 g/mol. The molecule has 0 aliphatic heterocycles. The van der Waals surface area contributed by atoms with Crippen LogP contribution in [-0.4, -0.2) is 13.3 Å². The normalized spacial score (nSPS) is 10.4. The van der Waals surface area contributed by atoms with Crippen LogP contribution in [0.2, 0.25) is 0 Å². The number of halogens is 1. The first kappa shape index (κ1) is 8.27. The second-order valence-corrected chi connectivity index (χ2v) is 2.86. The first-order valence-corrected chi connectivity index (χ1v) is 4.08. The fourth-order valence-corrected chi connectivity index (χ4v) is 1.10. The number of hydrazone groups is 1. The lowest BCUT2D eigenvalue weighted by atomic mass is 10.2. The Morgan fingerprint density at radius 1 is 1.45 bits per heavy atom. The summed E-state index contributed by atoms with van der Waals surface area (Å²) >= 11 is 3.41. The van der Waals surface area contributed by atoms with Gasteiger partial charge in [0.2, 0.25) is 0 Å². The predicted octanol–water partition coefficient (Wildman–Crippen LogP) is 2.00. The van der Waals surface area contributed by atoms with Gasteiger partial charge in [0, 0.05) is 17.1 Å². The number of benzene rings is 1. The highest BCUT2D eigenvalue weighted by Gasteiger charge is 1.91. The van der Waals surface area contributed by atoms with E-state index in [9.17, 15) is 0 Å². The van der Waals surface area contributed by atoms with Gasteiger partial charge < -0.3 is 5.43 Å². The average molecular weight is 213 g/mol. The lowest BCUT2D eigenvalue weighted by Crippen LogP contribution is -1.94. The van der Waals surface area contributed by atoms with E-state index in [1.165, 1.54) is 0 Å². The molecule has 0 amide bonds. The molecule has 1 aromatic carbocycles. The van der Waals surface area contributed by atoms with Gasteiger partial charge in [-0.3, -0.25) is 0 Å². The maximum atomic E-state index is 3.90. The Hall–Kier alpha value is -0.830. The smallest absolute Gasteiger partial charge is 0.0551 e. The fourth-order valence-electron chi connectivity index (χ4n) is 0.714. The molecule has 3 heteroatoms. The summed E-state index contributed by atoms with van der Waals surface area (Å²) in [7, 11) is 1.77. The zero-order valence-corrected chi connectivity index (χ0v) is 7.80. The van der Waals surface area contributed by atoms with Crippen molar-refractivity contribution in [2.45, 2.75) is 0 Å². The van der Waals surface area contributed by atoms with Gasteiger partial charge in [-0.05, 0) is 6.07 Å². The van der Waals surface area contributed by atoms with Gasteiger partial charge in [-0.1, -0.05) is 34.1 Å². The summed E-state index contributed by atoms with van der Waals surface area (Å²) in [6.07, 6.45) is 1.77. The Morgan fingerprint density at radius 3 is 2.82 bits per heavy atom. The molecule has 0 aliphatic rings. The Morgan fingerprint density at radius 2 is 2.18 bits per heavy atom. The van der Waals surface area contributed by atoms with E-state index in [0.717, 1.165) is 10.0 Å². The van der Waals surface area contributed by atoms with E-state index in [-0.39, 0.29) is 0 Å². The molecule has 1 aromatic rings. The number of nitrogens with zero attached hydrogens (tertiary/aromatic N) is 1. The van der Waals surface area contributed by atoms with Gasteiger partial charge in [0.1, 0.15) is 0 Å². The molecule has 0 atom stereocenters. The molecule has 0 aromatic heterocycles. The van der Waals surface area contributed by atoms with Crippen LogP contribution >= 0.6 is 15.9 Å². The second kappa shape index (κ2) is 4.13. The summed E-state index contributed by atoms with van der Waals surface area (Å²) in [6.45, 7) is 0. The minimum Gasteiger partial charge on any atom is -0.313 e. The van der Waals surface area contributed by atoms with Crippen LogP contribution < -0.4 is 5.43 Å². The van der Waals surface area contributed by atoms with Crippen LogP contribution in [0, 0.1) is 0 Å². The molecule has 58 valence electrons. The topological polar surface area (TPSA) is 24.4 Å². The van der Waals surface area contributed by atoms with Gasteiger partial charge >= 0.3 is 0 Å². The minimum absolute atomic E-state index is 1.05. The van der Waals surface area contributed by atoms with Gasteiger partial charge in [-0.2, -0.15) is 5.10 Å². The maximum absolute atomic E-state index is 3.90. The van der Waals surface area contributed by atoms with Gasteiger partial charge in [0.25, 0.3) is 0 Å². The zero-order valence-electron chi connectivity index (χ0n) is 6.21. The Balaban J connectivity index is 2.86. The van der Waals surface area contributed by atoms with Crippen LogP contribution in [0.3, 0.4) is 0 Å². The van der Waals surface area contributed by atoms with Crippen molar-refractivity contribution >= 4 is 22.1 Å². The molecular weight excluding hydrogens is 204 g/mol. The molecule has 0 saturated carbocycles. The summed E-state index contributed by atoms with van der Waals surface area (Å²) < 4.78 is 1.05. The van der Waals surface area contributed by atoms with Crippen molar-refractivity contribution in [3.8, 4) is 0 Å². The van der Waals surface area contributed by atoms with E-state index in [2.05, 4.69) is 26.5 Å². The molecule has 0 fully saturated rings. The summed E-state index contributed by atoms with van der Waals surface area (Å²) in [5.41, 5.74) is 3.76. The van der Waals surface area contributed by atoms with Crippen molar-refractivity contribution in [1.82, 2.24) is 5.43 Å². The number of hydrogen-bond acceptors (Lipinski definition) is 2. The molecule has 0 aliphatic carbocycles. The van der Waals surface area contributed by atoms with Crippen molar-refractivity contribution < 1.29 is 0 Å². The van der Waals surface area contributed by atoms with Gasteiger partial charge in [0.05, 0.1) is 6.21 Å². The van der Waals surface area contributed by atoms with Gasteiger partial charge in [-0.15, -0.1) is 0 Å². The molecule has 0 bridgehead atoms. The minimum atomic E-state index is 1.05. The van der Waals surface area contributed by atoms with Crippen LogP contribution in [0.25, 0.3) is 0 Å². The summed E-state index contributed by atoms with van der Waals surface area (Å²) in [5.74, 6) is 0. The highest BCUT2D eigenvalue weighted by Crippen LogP contribution is 2.12. The summed E-state index contributed by atoms with van der Waals surface area (Å²) in [5, 5.41) is 3.90. The number of nitrogens with one attached hydrogen (secondary N) is 1. The Labute approximate surface area is 74.4 Å². The number of hydrogen-bond donors (Lipinski definition) is 1. The first-order chi connectivity index (χ1) is 5.34. The predicted molar refractivity (Wildman–Crippen MR) is 50.8 cm³/mol. The van der Waals surface area contributed by atoms with E-state index >= 15 is 0 Å². The van der Waals surface area contributed by atoms with Crippen LogP contribution in [0.5, 0.6) is 0 Å². The third kappa shape index (κ3) is 2.35. The number of rotatable bonds is 2. The van der Waals surface area contributed by atoms with E-state index in [1.807, 2.05) is 24.3 Å². The standard InChI is InChI=1S/C8H9BrN2/c1-10-11-6-7-4-2-3-5-8(7)9/h2-6,10H,1H3/b11-6+. The highest BCUT2D eigenvalue weighted by molar-refractivity contribution is 9.10. The van der Waals surface area contributed by atoms with Crippen LogP contribution in [0.1, 0.15) is 5.56 Å². The molecule has 0 radical (unpaired) electrons. The van der Waals surface area contributed by atoms with Crippen molar-refractivity contribution in [3.63, 3.8) is 0 Å². The average Bonchev–Trinajstić information content (AvgIpc) is 2.03. The summed E-state index contributed by atoms with van der Waals surface area (Å²) in [6, 6.07) is 7.92. The summed E-state index contributed by atoms with van der Waals surface area (Å²) in [4.78, 5) is 0. The molecule has 0 heterocycles. The highest BCUT2D eigenvalue weighted by atomic mass is 79.9. The molecule has 2 nitrogen and oxygen atoms in total. The maximum Gasteiger partial charge on any atom is 0.0551 e.